The van der Waals surface area contributed by atoms with Crippen molar-refractivity contribution in [2.45, 2.75) is 32.6 Å². The van der Waals surface area contributed by atoms with Crippen LogP contribution in [0.25, 0.3) is 10.8 Å². The number of hydrogen-bond acceptors (Lipinski definition) is 2. The first kappa shape index (κ1) is 11.3. The van der Waals surface area contributed by atoms with Gasteiger partial charge in [0.1, 0.15) is 0 Å². The summed E-state index contributed by atoms with van der Waals surface area (Å²) >= 11 is 6.02. The lowest BCUT2D eigenvalue weighted by molar-refractivity contribution is 0.703. The number of benzene rings is 1. The largest absolute Gasteiger partial charge is 0.159 e. The molecule has 0 aliphatic heterocycles. The Balaban J connectivity index is 2.35. The van der Waals surface area contributed by atoms with E-state index < -0.39 is 0 Å². The molecule has 84 valence electrons. The molecule has 1 aromatic heterocycles. The average Bonchev–Trinajstić information content (AvgIpc) is 2.33. The monoisotopic (exact) mass is 234 g/mol. The van der Waals surface area contributed by atoms with Crippen LogP contribution < -0.4 is 0 Å². The fourth-order valence-electron chi connectivity index (χ4n) is 1.85. The van der Waals surface area contributed by atoms with Crippen LogP contribution in [0.5, 0.6) is 0 Å². The van der Waals surface area contributed by atoms with E-state index in [1.54, 1.807) is 0 Å². The van der Waals surface area contributed by atoms with Gasteiger partial charge in [-0.3, -0.25) is 0 Å². The Kier molecular flexibility index (Phi) is 3.73. The van der Waals surface area contributed by atoms with Gasteiger partial charge in [0, 0.05) is 10.8 Å². The number of aryl methyl sites for hydroxylation is 1. The lowest BCUT2D eigenvalue weighted by Gasteiger charge is -2.05. The molecule has 1 heterocycles. The van der Waals surface area contributed by atoms with Crippen LogP contribution in [0.15, 0.2) is 24.3 Å². The quantitative estimate of drug-likeness (QED) is 0.747. The van der Waals surface area contributed by atoms with E-state index in [2.05, 4.69) is 23.2 Å². The molecule has 0 atom stereocenters. The number of aromatic nitrogens is 2. The van der Waals surface area contributed by atoms with E-state index in [1.165, 1.54) is 12.8 Å². The molecule has 2 rings (SSSR count). The van der Waals surface area contributed by atoms with Crippen LogP contribution in [0.4, 0.5) is 0 Å². The Morgan fingerprint density at radius 3 is 2.56 bits per heavy atom. The van der Waals surface area contributed by atoms with E-state index in [-0.39, 0.29) is 0 Å². The van der Waals surface area contributed by atoms with Crippen molar-refractivity contribution in [2.75, 3.05) is 0 Å². The van der Waals surface area contributed by atoms with Crippen molar-refractivity contribution in [1.29, 1.82) is 0 Å². The molecule has 0 saturated heterocycles. The first-order valence-corrected chi connectivity index (χ1v) is 6.10. The van der Waals surface area contributed by atoms with E-state index in [0.29, 0.717) is 5.15 Å². The predicted molar refractivity (Wildman–Crippen MR) is 67.8 cm³/mol. The predicted octanol–water partition coefficient (Wildman–Crippen LogP) is 4.02. The van der Waals surface area contributed by atoms with Crippen LogP contribution in [-0.2, 0) is 6.42 Å². The summed E-state index contributed by atoms with van der Waals surface area (Å²) in [5.41, 5.74) is 1.06. The second-order valence-corrected chi connectivity index (χ2v) is 4.30. The van der Waals surface area contributed by atoms with Gasteiger partial charge >= 0.3 is 0 Å². The molecule has 0 aliphatic rings. The number of rotatable bonds is 4. The summed E-state index contributed by atoms with van der Waals surface area (Å²) in [6.07, 6.45) is 4.60. The highest BCUT2D eigenvalue weighted by molar-refractivity contribution is 6.34. The number of unbranched alkanes of at least 4 members (excludes halogenated alkanes) is 2. The molecule has 0 spiro atoms. The van der Waals surface area contributed by atoms with E-state index in [4.69, 9.17) is 11.6 Å². The molecule has 0 radical (unpaired) electrons. The van der Waals surface area contributed by atoms with Crippen molar-refractivity contribution in [3.05, 3.63) is 35.1 Å². The van der Waals surface area contributed by atoms with Crippen molar-refractivity contribution < 1.29 is 0 Å². The molecule has 0 amide bonds. The smallest absolute Gasteiger partial charge is 0.153 e. The maximum atomic E-state index is 6.02. The summed E-state index contributed by atoms with van der Waals surface area (Å²) < 4.78 is 0. The molecule has 2 nitrogen and oxygen atoms in total. The molecule has 2 aromatic rings. The first-order valence-electron chi connectivity index (χ1n) is 5.72. The second-order valence-electron chi connectivity index (χ2n) is 3.94. The zero-order valence-electron chi connectivity index (χ0n) is 9.41. The highest BCUT2D eigenvalue weighted by Crippen LogP contribution is 2.23. The minimum Gasteiger partial charge on any atom is -0.153 e. The topological polar surface area (TPSA) is 25.8 Å². The normalized spacial score (nSPS) is 10.9. The van der Waals surface area contributed by atoms with Crippen LogP contribution in [-0.4, -0.2) is 10.2 Å². The Labute approximate surface area is 101 Å². The van der Waals surface area contributed by atoms with E-state index >= 15 is 0 Å². The third-order valence-electron chi connectivity index (χ3n) is 2.74. The molecule has 3 heteroatoms. The maximum Gasteiger partial charge on any atom is 0.159 e. The van der Waals surface area contributed by atoms with Gasteiger partial charge in [-0.15, -0.1) is 5.10 Å². The van der Waals surface area contributed by atoms with Gasteiger partial charge < -0.3 is 0 Å². The van der Waals surface area contributed by atoms with Crippen LogP contribution in [0.2, 0.25) is 5.15 Å². The Bertz CT molecular complexity index is 482. The second kappa shape index (κ2) is 5.26. The van der Waals surface area contributed by atoms with Crippen molar-refractivity contribution >= 4 is 22.4 Å². The summed E-state index contributed by atoms with van der Waals surface area (Å²) in [6.45, 7) is 2.20. The van der Waals surface area contributed by atoms with Gasteiger partial charge in [0.2, 0.25) is 0 Å². The van der Waals surface area contributed by atoms with Crippen LogP contribution in [0.1, 0.15) is 31.9 Å². The summed E-state index contributed by atoms with van der Waals surface area (Å²) in [5, 5.41) is 10.8. The molecule has 1 aromatic carbocycles. The average molecular weight is 235 g/mol. The van der Waals surface area contributed by atoms with Gasteiger partial charge in [0.25, 0.3) is 0 Å². The van der Waals surface area contributed by atoms with Crippen molar-refractivity contribution in [3.63, 3.8) is 0 Å². The molecular formula is C13H15ClN2. The van der Waals surface area contributed by atoms with Crippen molar-refractivity contribution in [1.82, 2.24) is 10.2 Å². The highest BCUT2D eigenvalue weighted by atomic mass is 35.5. The first-order chi connectivity index (χ1) is 7.83. The number of hydrogen-bond donors (Lipinski definition) is 0. The van der Waals surface area contributed by atoms with Gasteiger partial charge in [0.05, 0.1) is 5.69 Å². The molecule has 0 fully saturated rings. The maximum absolute atomic E-state index is 6.02. The van der Waals surface area contributed by atoms with Gasteiger partial charge in [-0.05, 0) is 12.8 Å². The third kappa shape index (κ3) is 2.33. The van der Waals surface area contributed by atoms with Crippen molar-refractivity contribution in [2.24, 2.45) is 0 Å². The van der Waals surface area contributed by atoms with Gasteiger partial charge in [-0.2, -0.15) is 5.10 Å². The van der Waals surface area contributed by atoms with Crippen LogP contribution in [0, 0.1) is 0 Å². The third-order valence-corrected chi connectivity index (χ3v) is 3.02. The fraction of sp³-hybridized carbons (Fsp3) is 0.385. The zero-order valence-corrected chi connectivity index (χ0v) is 10.2. The van der Waals surface area contributed by atoms with Gasteiger partial charge in [0.15, 0.2) is 5.15 Å². The minimum atomic E-state index is 0.495. The molecule has 0 N–H and O–H groups in total. The molecule has 0 aliphatic carbocycles. The number of halogens is 1. The van der Waals surface area contributed by atoms with Crippen LogP contribution >= 0.6 is 11.6 Å². The molecule has 0 bridgehead atoms. The molecule has 16 heavy (non-hydrogen) atoms. The summed E-state index contributed by atoms with van der Waals surface area (Å²) in [6, 6.07) is 8.06. The molecule has 0 unspecified atom stereocenters. The fourth-order valence-corrected chi connectivity index (χ4v) is 2.06. The lowest BCUT2D eigenvalue weighted by atomic mass is 10.1. The highest BCUT2D eigenvalue weighted by Gasteiger charge is 2.06. The minimum absolute atomic E-state index is 0.495. The molecular weight excluding hydrogens is 220 g/mol. The van der Waals surface area contributed by atoms with Gasteiger partial charge in [-0.1, -0.05) is 55.6 Å². The van der Waals surface area contributed by atoms with Gasteiger partial charge in [-0.25, -0.2) is 0 Å². The van der Waals surface area contributed by atoms with Crippen molar-refractivity contribution in [3.8, 4) is 0 Å². The van der Waals surface area contributed by atoms with E-state index in [1.807, 2.05) is 18.2 Å². The SMILES string of the molecule is CCCCCc1nnc(Cl)c2ccccc12. The standard InChI is InChI=1S/C13H15ClN2/c1-2-3-4-9-12-10-7-5-6-8-11(10)13(14)16-15-12/h5-8H,2-4,9H2,1H3. The summed E-state index contributed by atoms with van der Waals surface area (Å²) in [7, 11) is 0. The Morgan fingerprint density at radius 2 is 1.81 bits per heavy atom. The van der Waals surface area contributed by atoms with E-state index in [0.717, 1.165) is 29.3 Å². The lowest BCUT2D eigenvalue weighted by Crippen LogP contribution is -1.96. The Hall–Kier alpha value is -1.15. The van der Waals surface area contributed by atoms with Crippen LogP contribution in [0.3, 0.4) is 0 Å². The summed E-state index contributed by atoms with van der Waals surface area (Å²) in [4.78, 5) is 0. The number of nitrogens with zero attached hydrogens (tertiary/aromatic N) is 2. The zero-order chi connectivity index (χ0) is 11.4. The Morgan fingerprint density at radius 1 is 1.06 bits per heavy atom. The van der Waals surface area contributed by atoms with E-state index in [9.17, 15) is 0 Å². The molecule has 0 saturated carbocycles. The number of fused-ring (bicyclic) bond motifs is 1. The summed E-state index contributed by atoms with van der Waals surface area (Å²) in [5.74, 6) is 0.